The molecule has 3 fully saturated rings. The molecule has 3 heterocycles. The van der Waals surface area contributed by atoms with Crippen LogP contribution in [0.15, 0.2) is 5.18 Å². The predicted molar refractivity (Wildman–Crippen MR) is 87.4 cm³/mol. The van der Waals surface area contributed by atoms with Gasteiger partial charge in [-0.05, 0) is 18.0 Å². The summed E-state index contributed by atoms with van der Waals surface area (Å²) in [7, 11) is -3.10. The Kier molecular flexibility index (Phi) is 6.18. The summed E-state index contributed by atoms with van der Waals surface area (Å²) >= 11 is 0. The van der Waals surface area contributed by atoms with Crippen LogP contribution in [0.1, 0.15) is 19.3 Å². The fraction of sp³-hybridized carbons (Fsp3) is 1.00. The van der Waals surface area contributed by atoms with Crippen LogP contribution in [0.2, 0.25) is 0 Å². The smallest absolute Gasteiger partial charge is 0.258 e. The van der Waals surface area contributed by atoms with Crippen LogP contribution in [0, 0.1) is 4.91 Å². The average molecular weight is 346 g/mol. The van der Waals surface area contributed by atoms with Crippen LogP contribution in [-0.2, 0) is 14.0 Å². The van der Waals surface area contributed by atoms with E-state index in [4.69, 9.17) is 9.47 Å². The molecular weight excluding hydrogens is 319 g/mol. The van der Waals surface area contributed by atoms with Gasteiger partial charge < -0.3 is 9.47 Å². The first-order valence-electron chi connectivity index (χ1n) is 8.59. The molecule has 8 nitrogen and oxygen atoms in total. The fourth-order valence-electron chi connectivity index (χ4n) is 3.64. The molecule has 0 N–H and O–H groups in total. The minimum atomic E-state index is -3.10. The molecule has 3 saturated heterocycles. The molecule has 3 aliphatic heterocycles. The minimum Gasteiger partial charge on any atom is -0.379 e. The van der Waals surface area contributed by atoms with Gasteiger partial charge in [0.25, 0.3) is 7.44 Å². The van der Waals surface area contributed by atoms with Gasteiger partial charge in [-0.1, -0.05) is 6.42 Å². The highest BCUT2D eigenvalue weighted by Gasteiger charge is 2.49. The van der Waals surface area contributed by atoms with Crippen LogP contribution < -0.4 is 0 Å². The van der Waals surface area contributed by atoms with E-state index >= 15 is 0 Å². The van der Waals surface area contributed by atoms with Crippen molar-refractivity contribution in [3.8, 4) is 0 Å². The van der Waals surface area contributed by atoms with E-state index in [1.807, 2.05) is 14.2 Å². The summed E-state index contributed by atoms with van der Waals surface area (Å²) in [5, 5.41) is 3.38. The van der Waals surface area contributed by atoms with Gasteiger partial charge in [-0.25, -0.2) is 9.34 Å². The van der Waals surface area contributed by atoms with Crippen molar-refractivity contribution >= 4 is 7.44 Å². The molecule has 3 aliphatic rings. The maximum Gasteiger partial charge on any atom is 0.258 e. The molecule has 3 rings (SSSR count). The van der Waals surface area contributed by atoms with Crippen LogP contribution in [0.25, 0.3) is 0 Å². The molecule has 0 aromatic heterocycles. The van der Waals surface area contributed by atoms with Crippen LogP contribution in [0.4, 0.5) is 0 Å². The second kappa shape index (κ2) is 8.14. The predicted octanol–water partition coefficient (Wildman–Crippen LogP) is 1.38. The first kappa shape index (κ1) is 17.5. The standard InChI is InChI=1S/C14H27N4O4P/c19-15-14(16-4-2-1-3-5-16)23(20,17-6-10-21-11-7-17)18-8-12-22-13-9-18/h14H,1-13H2. The topological polar surface area (TPSA) is 74.7 Å². The highest BCUT2D eigenvalue weighted by molar-refractivity contribution is 7.59. The SMILES string of the molecule is O=NC(N1CCCCC1)P(=O)(N1CCOCC1)N1CCOCC1. The van der Waals surface area contributed by atoms with E-state index in [0.29, 0.717) is 52.6 Å². The quantitative estimate of drug-likeness (QED) is 0.550. The van der Waals surface area contributed by atoms with E-state index in [2.05, 4.69) is 5.18 Å². The molecule has 23 heavy (non-hydrogen) atoms. The van der Waals surface area contributed by atoms with Gasteiger partial charge in [-0.2, -0.15) is 0 Å². The highest BCUT2D eigenvalue weighted by atomic mass is 31.2. The molecule has 1 unspecified atom stereocenters. The first-order chi connectivity index (χ1) is 11.3. The van der Waals surface area contributed by atoms with Crippen molar-refractivity contribution in [3.63, 3.8) is 0 Å². The van der Waals surface area contributed by atoms with Gasteiger partial charge >= 0.3 is 0 Å². The van der Waals surface area contributed by atoms with Gasteiger partial charge in [-0.3, -0.25) is 9.46 Å². The van der Waals surface area contributed by atoms with Gasteiger partial charge in [0.1, 0.15) is 0 Å². The van der Waals surface area contributed by atoms with Crippen molar-refractivity contribution in [2.24, 2.45) is 5.18 Å². The molecule has 0 radical (unpaired) electrons. The van der Waals surface area contributed by atoms with Crippen molar-refractivity contribution in [2.75, 3.05) is 65.7 Å². The molecule has 1 atom stereocenters. The third-order valence-electron chi connectivity index (χ3n) is 4.90. The number of nitrogens with zero attached hydrogens (tertiary/aromatic N) is 4. The Morgan fingerprint density at radius 3 is 1.70 bits per heavy atom. The van der Waals surface area contributed by atoms with Gasteiger partial charge in [-0.15, -0.1) is 4.91 Å². The monoisotopic (exact) mass is 346 g/mol. The Balaban J connectivity index is 1.87. The fourth-order valence-corrected chi connectivity index (χ4v) is 6.84. The molecule has 0 aromatic rings. The lowest BCUT2D eigenvalue weighted by molar-refractivity contribution is 0.0474. The second-order valence-corrected chi connectivity index (χ2v) is 9.04. The van der Waals surface area contributed by atoms with Gasteiger partial charge in [0.2, 0.25) is 5.91 Å². The van der Waals surface area contributed by atoms with Crippen molar-refractivity contribution in [3.05, 3.63) is 4.91 Å². The number of nitroso groups, excluding NO2 is 1. The number of hydrogen-bond acceptors (Lipinski definition) is 6. The number of ether oxygens (including phenoxy) is 2. The van der Waals surface area contributed by atoms with Crippen LogP contribution >= 0.6 is 7.44 Å². The molecule has 0 aliphatic carbocycles. The lowest BCUT2D eigenvalue weighted by Crippen LogP contribution is -2.50. The molecule has 0 aromatic carbocycles. The Bertz CT molecular complexity index is 412. The molecular formula is C14H27N4O4P. The summed E-state index contributed by atoms with van der Waals surface area (Å²) < 4.78 is 28.9. The average Bonchev–Trinajstić information content (AvgIpc) is 2.64. The van der Waals surface area contributed by atoms with Gasteiger partial charge in [0.05, 0.1) is 26.4 Å². The summed E-state index contributed by atoms with van der Waals surface area (Å²) in [5.41, 5.74) is 0. The Labute approximate surface area is 137 Å². The maximum absolute atomic E-state index is 14.2. The maximum atomic E-state index is 14.2. The number of piperidine rings is 1. The molecule has 132 valence electrons. The lowest BCUT2D eigenvalue weighted by Gasteiger charge is -2.46. The Morgan fingerprint density at radius 1 is 0.783 bits per heavy atom. The van der Waals surface area contributed by atoms with Gasteiger partial charge in [0.15, 0.2) is 0 Å². The number of rotatable bonds is 5. The zero-order valence-corrected chi connectivity index (χ0v) is 14.5. The minimum absolute atomic E-state index is 0.555. The first-order valence-corrected chi connectivity index (χ1v) is 10.3. The summed E-state index contributed by atoms with van der Waals surface area (Å²) in [6.07, 6.45) is 3.25. The largest absolute Gasteiger partial charge is 0.379 e. The zero-order chi connectivity index (χ0) is 16.1. The number of hydrogen-bond donors (Lipinski definition) is 0. The van der Waals surface area contributed by atoms with E-state index in [1.54, 1.807) is 0 Å². The van der Waals surface area contributed by atoms with E-state index < -0.39 is 13.4 Å². The number of morpholine rings is 2. The third-order valence-corrected chi connectivity index (χ3v) is 8.34. The lowest BCUT2D eigenvalue weighted by atomic mass is 10.1. The molecule has 9 heteroatoms. The van der Waals surface area contributed by atoms with Crippen molar-refractivity contribution in [1.82, 2.24) is 14.2 Å². The summed E-state index contributed by atoms with van der Waals surface area (Å²) in [4.78, 5) is 13.8. The van der Waals surface area contributed by atoms with E-state index in [0.717, 1.165) is 25.9 Å². The molecule has 0 amide bonds. The van der Waals surface area contributed by atoms with E-state index in [-0.39, 0.29) is 0 Å². The Morgan fingerprint density at radius 2 is 1.26 bits per heavy atom. The zero-order valence-electron chi connectivity index (χ0n) is 13.6. The molecule has 0 spiro atoms. The Hall–Kier alpha value is -0.370. The van der Waals surface area contributed by atoms with Gasteiger partial charge in [0, 0.05) is 39.3 Å². The van der Waals surface area contributed by atoms with Crippen LogP contribution in [0.5, 0.6) is 0 Å². The van der Waals surface area contributed by atoms with Crippen LogP contribution in [-0.4, -0.2) is 85.8 Å². The molecule has 0 saturated carbocycles. The van der Waals surface area contributed by atoms with Crippen LogP contribution in [0.3, 0.4) is 0 Å². The summed E-state index contributed by atoms with van der Waals surface area (Å²) in [5.74, 6) is -0.779. The normalized spacial score (nSPS) is 27.7. The third kappa shape index (κ3) is 3.67. The van der Waals surface area contributed by atoms with E-state index in [9.17, 15) is 9.47 Å². The summed E-state index contributed by atoms with van der Waals surface area (Å²) in [6.45, 7) is 6.19. The van der Waals surface area contributed by atoms with Crippen molar-refractivity contribution in [2.45, 2.75) is 25.2 Å². The molecule has 0 bridgehead atoms. The van der Waals surface area contributed by atoms with Crippen molar-refractivity contribution < 1.29 is 14.0 Å². The highest BCUT2D eigenvalue weighted by Crippen LogP contribution is 2.59. The summed E-state index contributed by atoms with van der Waals surface area (Å²) in [6, 6.07) is 0. The second-order valence-electron chi connectivity index (χ2n) is 6.27. The number of likely N-dealkylation sites (tertiary alicyclic amines) is 1. The van der Waals surface area contributed by atoms with Crippen molar-refractivity contribution in [1.29, 1.82) is 0 Å². The van der Waals surface area contributed by atoms with E-state index in [1.165, 1.54) is 6.42 Å².